The molecule has 16 heavy (non-hydrogen) atoms. The summed E-state index contributed by atoms with van der Waals surface area (Å²) < 4.78 is 0. The largest absolute Gasteiger partial charge is 0.289 e. The Morgan fingerprint density at radius 3 is 0.875 bits per heavy atom. The van der Waals surface area contributed by atoms with Crippen molar-refractivity contribution in [2.45, 2.75) is 0 Å². The maximum absolute atomic E-state index is 12.0. The fourth-order valence-electron chi connectivity index (χ4n) is 1.59. The summed E-state index contributed by atoms with van der Waals surface area (Å²) in [5.41, 5.74) is 1.06. The summed E-state index contributed by atoms with van der Waals surface area (Å²) in [7, 11) is 0. The maximum atomic E-state index is 12.0. The fraction of sp³-hybridized carbons (Fsp3) is 0. The van der Waals surface area contributed by atoms with Gasteiger partial charge < -0.3 is 0 Å². The molecule has 0 spiro atoms. The Labute approximate surface area is 94.7 Å². The van der Waals surface area contributed by atoms with Crippen molar-refractivity contribution in [3.63, 3.8) is 0 Å². The molecule has 0 aromatic heterocycles. The SMILES string of the molecule is C=CC1=C(C=C)C(=O)C(C=C)=C(C=C)C1=O. The maximum Gasteiger partial charge on any atom is 0.194 e. The molecule has 0 saturated heterocycles. The highest BCUT2D eigenvalue weighted by atomic mass is 16.1. The van der Waals surface area contributed by atoms with Crippen LogP contribution in [0.25, 0.3) is 0 Å². The first kappa shape index (κ1) is 11.9. The highest BCUT2D eigenvalue weighted by molar-refractivity contribution is 6.29. The van der Waals surface area contributed by atoms with Crippen LogP contribution in [0.4, 0.5) is 0 Å². The van der Waals surface area contributed by atoms with E-state index >= 15 is 0 Å². The first-order valence-electron chi connectivity index (χ1n) is 4.70. The van der Waals surface area contributed by atoms with Crippen LogP contribution >= 0.6 is 0 Å². The summed E-state index contributed by atoms with van der Waals surface area (Å²) >= 11 is 0. The van der Waals surface area contributed by atoms with E-state index in [2.05, 4.69) is 26.3 Å². The lowest BCUT2D eigenvalue weighted by atomic mass is 9.84. The molecule has 2 nitrogen and oxygen atoms in total. The van der Waals surface area contributed by atoms with E-state index in [1.54, 1.807) is 0 Å². The lowest BCUT2D eigenvalue weighted by molar-refractivity contribution is -0.115. The number of carbonyl (C=O) groups excluding carboxylic acids is 2. The zero-order valence-corrected chi connectivity index (χ0v) is 8.95. The third kappa shape index (κ3) is 1.54. The molecular weight excluding hydrogens is 200 g/mol. The first-order valence-corrected chi connectivity index (χ1v) is 4.70. The van der Waals surface area contributed by atoms with Crippen LogP contribution < -0.4 is 0 Å². The van der Waals surface area contributed by atoms with Gasteiger partial charge in [0.15, 0.2) is 11.6 Å². The fourth-order valence-corrected chi connectivity index (χ4v) is 1.59. The van der Waals surface area contributed by atoms with E-state index in [1.807, 2.05) is 0 Å². The zero-order chi connectivity index (χ0) is 12.3. The minimum atomic E-state index is -0.269. The molecule has 1 aliphatic rings. The molecule has 2 heteroatoms. The van der Waals surface area contributed by atoms with Crippen LogP contribution in [0.5, 0.6) is 0 Å². The Hall–Kier alpha value is -2.22. The molecule has 1 aliphatic carbocycles. The van der Waals surface area contributed by atoms with E-state index < -0.39 is 0 Å². The van der Waals surface area contributed by atoms with Crippen molar-refractivity contribution in [3.8, 4) is 0 Å². The second kappa shape index (κ2) is 4.53. The third-order valence-corrected chi connectivity index (χ3v) is 2.38. The van der Waals surface area contributed by atoms with Crippen molar-refractivity contribution in [1.82, 2.24) is 0 Å². The van der Waals surface area contributed by atoms with E-state index in [0.717, 1.165) is 0 Å². The van der Waals surface area contributed by atoms with Crippen molar-refractivity contribution < 1.29 is 9.59 Å². The summed E-state index contributed by atoms with van der Waals surface area (Å²) in [6.07, 6.45) is 5.45. The van der Waals surface area contributed by atoms with Gasteiger partial charge in [-0.2, -0.15) is 0 Å². The minimum absolute atomic E-state index is 0.264. The third-order valence-electron chi connectivity index (χ3n) is 2.38. The van der Waals surface area contributed by atoms with E-state index in [4.69, 9.17) is 0 Å². The normalized spacial score (nSPS) is 16.2. The Morgan fingerprint density at radius 2 is 0.750 bits per heavy atom. The van der Waals surface area contributed by atoms with Crippen LogP contribution in [-0.2, 0) is 9.59 Å². The van der Waals surface area contributed by atoms with Crippen LogP contribution in [0, 0.1) is 0 Å². The van der Waals surface area contributed by atoms with E-state index in [-0.39, 0.29) is 33.9 Å². The average molecular weight is 212 g/mol. The van der Waals surface area contributed by atoms with Crippen LogP contribution in [0.15, 0.2) is 72.9 Å². The van der Waals surface area contributed by atoms with Gasteiger partial charge in [-0.3, -0.25) is 9.59 Å². The van der Waals surface area contributed by atoms with E-state index in [1.165, 1.54) is 24.3 Å². The van der Waals surface area contributed by atoms with Crippen LogP contribution in [0.1, 0.15) is 0 Å². The number of allylic oxidation sites excluding steroid dienone is 8. The van der Waals surface area contributed by atoms with Crippen molar-refractivity contribution >= 4 is 11.6 Å². The topological polar surface area (TPSA) is 34.1 Å². The highest BCUT2D eigenvalue weighted by Crippen LogP contribution is 2.27. The first-order chi connectivity index (χ1) is 7.62. The lowest BCUT2D eigenvalue weighted by Gasteiger charge is -2.16. The lowest BCUT2D eigenvalue weighted by Crippen LogP contribution is -2.20. The molecule has 0 saturated carbocycles. The Kier molecular flexibility index (Phi) is 3.36. The quantitative estimate of drug-likeness (QED) is 0.671. The van der Waals surface area contributed by atoms with E-state index in [0.29, 0.717) is 0 Å². The molecule has 0 heterocycles. The Balaban J connectivity index is 3.58. The van der Waals surface area contributed by atoms with E-state index in [9.17, 15) is 9.59 Å². The second-order valence-corrected chi connectivity index (χ2v) is 3.13. The van der Waals surface area contributed by atoms with Gasteiger partial charge in [0, 0.05) is 22.3 Å². The summed E-state index contributed by atoms with van der Waals surface area (Å²) in [5, 5.41) is 0. The van der Waals surface area contributed by atoms with Crippen LogP contribution in [0.2, 0.25) is 0 Å². The van der Waals surface area contributed by atoms with Gasteiger partial charge in [0.05, 0.1) is 0 Å². The molecule has 0 aromatic carbocycles. The molecule has 0 fully saturated rings. The summed E-state index contributed by atoms with van der Waals surface area (Å²) in [4.78, 5) is 23.9. The zero-order valence-electron chi connectivity index (χ0n) is 8.95. The minimum Gasteiger partial charge on any atom is -0.289 e. The smallest absolute Gasteiger partial charge is 0.194 e. The van der Waals surface area contributed by atoms with Gasteiger partial charge in [-0.1, -0.05) is 50.6 Å². The van der Waals surface area contributed by atoms with Gasteiger partial charge in [-0.05, 0) is 0 Å². The summed E-state index contributed by atoms with van der Waals surface area (Å²) in [6, 6.07) is 0. The van der Waals surface area contributed by atoms with Crippen molar-refractivity contribution in [1.29, 1.82) is 0 Å². The molecule has 0 unspecified atom stereocenters. The van der Waals surface area contributed by atoms with Crippen molar-refractivity contribution in [3.05, 3.63) is 72.9 Å². The predicted molar refractivity (Wildman–Crippen MR) is 64.9 cm³/mol. The molecule has 0 atom stereocenters. The number of ketones is 2. The van der Waals surface area contributed by atoms with Gasteiger partial charge in [-0.25, -0.2) is 0 Å². The van der Waals surface area contributed by atoms with Gasteiger partial charge in [0.2, 0.25) is 0 Å². The molecule has 0 amide bonds. The number of hydrogen-bond donors (Lipinski definition) is 0. The van der Waals surface area contributed by atoms with Crippen LogP contribution in [0.3, 0.4) is 0 Å². The van der Waals surface area contributed by atoms with Crippen LogP contribution in [-0.4, -0.2) is 11.6 Å². The molecule has 0 aliphatic heterocycles. The molecule has 0 radical (unpaired) electrons. The Bertz CT molecular complexity index is 399. The van der Waals surface area contributed by atoms with Crippen molar-refractivity contribution in [2.24, 2.45) is 0 Å². The second-order valence-electron chi connectivity index (χ2n) is 3.13. The number of rotatable bonds is 4. The summed E-state index contributed by atoms with van der Waals surface area (Å²) in [5.74, 6) is -0.538. The number of hydrogen-bond acceptors (Lipinski definition) is 2. The molecule has 0 bridgehead atoms. The van der Waals surface area contributed by atoms with Crippen molar-refractivity contribution in [2.75, 3.05) is 0 Å². The molecule has 0 N–H and O–H groups in total. The molecular formula is C14H12O2. The number of Topliss-reactive ketones (excluding diaryl/α,β-unsaturated/α-hetero) is 2. The van der Waals surface area contributed by atoms with Gasteiger partial charge >= 0.3 is 0 Å². The molecule has 80 valence electrons. The van der Waals surface area contributed by atoms with Gasteiger partial charge in [0.25, 0.3) is 0 Å². The average Bonchev–Trinajstić information content (AvgIpc) is 2.30. The highest BCUT2D eigenvalue weighted by Gasteiger charge is 2.28. The molecule has 0 aromatic rings. The number of carbonyl (C=O) groups is 2. The van der Waals surface area contributed by atoms with Gasteiger partial charge in [-0.15, -0.1) is 0 Å². The van der Waals surface area contributed by atoms with Gasteiger partial charge in [0.1, 0.15) is 0 Å². The Morgan fingerprint density at radius 1 is 0.562 bits per heavy atom. The molecule has 1 rings (SSSR count). The summed E-state index contributed by atoms with van der Waals surface area (Å²) in [6.45, 7) is 14.1. The monoisotopic (exact) mass is 212 g/mol. The predicted octanol–water partition coefficient (Wildman–Crippen LogP) is 2.48. The standard InChI is InChI=1S/C14H12O2/c1-5-9-10(6-2)14(16)12(8-4)11(7-3)13(9)15/h5-8H,1-4H2.